The summed E-state index contributed by atoms with van der Waals surface area (Å²) in [5, 5.41) is 0.0845. The second kappa shape index (κ2) is 7.95. The van der Waals surface area contributed by atoms with E-state index in [4.69, 9.17) is 4.74 Å². The van der Waals surface area contributed by atoms with Gasteiger partial charge in [-0.3, -0.25) is 24.2 Å². The van der Waals surface area contributed by atoms with Crippen LogP contribution in [0, 0.1) is 0 Å². The van der Waals surface area contributed by atoms with E-state index >= 15 is 0 Å². The van der Waals surface area contributed by atoms with Crippen LogP contribution in [0.5, 0.6) is 0 Å². The Kier molecular flexibility index (Phi) is 5.49. The van der Waals surface area contributed by atoms with Crippen LogP contribution in [0.2, 0.25) is 0 Å². The first kappa shape index (κ1) is 20.7. The van der Waals surface area contributed by atoms with Crippen LogP contribution in [0.1, 0.15) is 31.2 Å². The van der Waals surface area contributed by atoms with Gasteiger partial charge < -0.3 is 4.74 Å². The summed E-state index contributed by atoms with van der Waals surface area (Å²) in [6.45, 7) is 0.163. The summed E-state index contributed by atoms with van der Waals surface area (Å²) >= 11 is 0.957. The van der Waals surface area contributed by atoms with Gasteiger partial charge in [-0.2, -0.15) is 13.2 Å². The molecule has 0 spiro atoms. The van der Waals surface area contributed by atoms with Gasteiger partial charge in [-0.15, -0.1) is 0 Å². The highest BCUT2D eigenvalue weighted by atomic mass is 32.1. The van der Waals surface area contributed by atoms with Crippen LogP contribution in [0.3, 0.4) is 0 Å². The standard InChI is InChI=1S/C19H18F3N3O4S/c20-19(21,22)12-4-1-5-13-17(12)23-18(30-13)25(9-11-3-2-8-29-11)16(28)10-24-14(26)6-7-15(24)27/h1,4-5,11H,2-3,6-10H2/t11-/m0/s1. The first-order chi connectivity index (χ1) is 14.2. The Morgan fingerprint density at radius 3 is 2.63 bits per heavy atom. The molecular formula is C19H18F3N3O4S. The molecule has 2 aliphatic heterocycles. The molecule has 4 rings (SSSR count). The molecule has 1 aromatic carbocycles. The maximum atomic E-state index is 13.4. The average Bonchev–Trinajstić information content (AvgIpc) is 3.41. The highest BCUT2D eigenvalue weighted by Crippen LogP contribution is 2.38. The third kappa shape index (κ3) is 4.04. The monoisotopic (exact) mass is 441 g/mol. The lowest BCUT2D eigenvalue weighted by atomic mass is 10.2. The molecule has 3 amide bonds. The molecule has 160 valence electrons. The SMILES string of the molecule is O=C1CCC(=O)N1CC(=O)N(C[C@@H]1CCCO1)c1nc2c(C(F)(F)F)cccc2s1. The molecule has 2 saturated heterocycles. The topological polar surface area (TPSA) is 79.8 Å². The number of aromatic nitrogens is 1. The highest BCUT2D eigenvalue weighted by molar-refractivity contribution is 7.22. The molecule has 2 aliphatic rings. The van der Waals surface area contributed by atoms with Crippen LogP contribution in [-0.4, -0.2) is 53.4 Å². The van der Waals surface area contributed by atoms with Gasteiger partial charge in [0.15, 0.2) is 5.13 Å². The van der Waals surface area contributed by atoms with Gasteiger partial charge in [-0.1, -0.05) is 17.4 Å². The van der Waals surface area contributed by atoms with Crippen molar-refractivity contribution < 1.29 is 32.3 Å². The normalized spacial score (nSPS) is 19.8. The minimum Gasteiger partial charge on any atom is -0.376 e. The molecule has 2 aromatic rings. The van der Waals surface area contributed by atoms with E-state index in [2.05, 4.69) is 4.98 Å². The van der Waals surface area contributed by atoms with Crippen LogP contribution in [0.4, 0.5) is 18.3 Å². The second-order valence-corrected chi connectivity index (χ2v) is 8.17. The Morgan fingerprint density at radius 2 is 2.00 bits per heavy atom. The Labute approximate surface area is 173 Å². The van der Waals surface area contributed by atoms with Gasteiger partial charge in [0, 0.05) is 19.4 Å². The quantitative estimate of drug-likeness (QED) is 0.667. The van der Waals surface area contributed by atoms with Crippen molar-refractivity contribution in [2.75, 3.05) is 24.6 Å². The van der Waals surface area contributed by atoms with Crippen LogP contribution < -0.4 is 4.90 Å². The number of hydrogen-bond acceptors (Lipinski definition) is 6. The van der Waals surface area contributed by atoms with Gasteiger partial charge in [0.2, 0.25) is 17.7 Å². The van der Waals surface area contributed by atoms with E-state index in [1.807, 2.05) is 0 Å². The van der Waals surface area contributed by atoms with E-state index in [0.29, 0.717) is 17.7 Å². The van der Waals surface area contributed by atoms with E-state index in [-0.39, 0.29) is 36.1 Å². The molecule has 0 radical (unpaired) electrons. The number of rotatable bonds is 5. The third-order valence-corrected chi connectivity index (χ3v) is 6.15. The van der Waals surface area contributed by atoms with E-state index < -0.39 is 36.0 Å². The summed E-state index contributed by atoms with van der Waals surface area (Å²) in [5.74, 6) is -1.45. The van der Waals surface area contributed by atoms with Crippen LogP contribution in [0.15, 0.2) is 18.2 Å². The molecule has 7 nitrogen and oxygen atoms in total. The first-order valence-electron chi connectivity index (χ1n) is 9.46. The van der Waals surface area contributed by atoms with Crippen molar-refractivity contribution in [3.8, 4) is 0 Å². The summed E-state index contributed by atoms with van der Waals surface area (Å²) in [5.41, 5.74) is -1.11. The molecule has 0 saturated carbocycles. The molecule has 0 unspecified atom stereocenters. The van der Waals surface area contributed by atoms with Crippen molar-refractivity contribution in [1.82, 2.24) is 9.88 Å². The number of likely N-dealkylation sites (tertiary alicyclic amines) is 1. The van der Waals surface area contributed by atoms with Crippen molar-refractivity contribution in [2.24, 2.45) is 0 Å². The molecule has 1 atom stereocenters. The van der Waals surface area contributed by atoms with Gasteiger partial charge in [-0.25, -0.2) is 4.98 Å². The Morgan fingerprint density at radius 1 is 1.27 bits per heavy atom. The van der Waals surface area contributed by atoms with Crippen LogP contribution in [-0.2, 0) is 25.3 Å². The predicted molar refractivity (Wildman–Crippen MR) is 102 cm³/mol. The zero-order chi connectivity index (χ0) is 21.5. The molecule has 30 heavy (non-hydrogen) atoms. The molecule has 1 aromatic heterocycles. The highest BCUT2D eigenvalue weighted by Gasteiger charge is 2.36. The Hall–Kier alpha value is -2.53. The van der Waals surface area contributed by atoms with Crippen molar-refractivity contribution in [2.45, 2.75) is 38.0 Å². The molecule has 11 heteroatoms. The molecule has 0 N–H and O–H groups in total. The number of amides is 3. The summed E-state index contributed by atoms with van der Waals surface area (Å²) in [6, 6.07) is 3.74. The molecule has 0 bridgehead atoms. The smallest absolute Gasteiger partial charge is 0.376 e. The number of carbonyl (C=O) groups is 3. The maximum absolute atomic E-state index is 13.4. The minimum absolute atomic E-state index is 0.0495. The number of halogens is 3. The zero-order valence-corrected chi connectivity index (χ0v) is 16.6. The number of hydrogen-bond donors (Lipinski definition) is 0. The average molecular weight is 441 g/mol. The molecule has 3 heterocycles. The van der Waals surface area contributed by atoms with E-state index in [0.717, 1.165) is 28.7 Å². The van der Waals surface area contributed by atoms with Gasteiger partial charge in [0.05, 0.1) is 28.4 Å². The number of ether oxygens (including phenoxy) is 1. The van der Waals surface area contributed by atoms with Gasteiger partial charge >= 0.3 is 6.18 Å². The van der Waals surface area contributed by atoms with Gasteiger partial charge in [0.25, 0.3) is 0 Å². The number of benzene rings is 1. The summed E-state index contributed by atoms with van der Waals surface area (Å²) in [6.07, 6.45) is -3.25. The number of imide groups is 1. The summed E-state index contributed by atoms with van der Waals surface area (Å²) < 4.78 is 45.9. The maximum Gasteiger partial charge on any atom is 0.418 e. The molecule has 2 fully saturated rings. The first-order valence-corrected chi connectivity index (χ1v) is 10.3. The third-order valence-electron chi connectivity index (χ3n) is 5.10. The predicted octanol–water partition coefficient (Wildman–Crippen LogP) is 2.98. The number of carbonyl (C=O) groups excluding carboxylic acids is 3. The molecule has 0 aliphatic carbocycles. The van der Waals surface area contributed by atoms with E-state index in [9.17, 15) is 27.6 Å². The Balaban J connectivity index is 1.68. The van der Waals surface area contributed by atoms with Gasteiger partial charge in [0.1, 0.15) is 6.54 Å². The van der Waals surface area contributed by atoms with Gasteiger partial charge in [-0.05, 0) is 25.0 Å². The number of thiazole rings is 1. The fourth-order valence-electron chi connectivity index (χ4n) is 3.58. The van der Waals surface area contributed by atoms with Crippen LogP contribution >= 0.6 is 11.3 Å². The number of nitrogens with zero attached hydrogens (tertiary/aromatic N) is 3. The Bertz CT molecular complexity index is 985. The van der Waals surface area contributed by atoms with E-state index in [1.165, 1.54) is 17.0 Å². The number of fused-ring (bicyclic) bond motifs is 1. The second-order valence-electron chi connectivity index (χ2n) is 7.16. The summed E-state index contributed by atoms with van der Waals surface area (Å²) in [7, 11) is 0. The zero-order valence-electron chi connectivity index (χ0n) is 15.8. The lowest BCUT2D eigenvalue weighted by Gasteiger charge is -2.25. The number of para-hydroxylation sites is 1. The molecular weight excluding hydrogens is 423 g/mol. The number of alkyl halides is 3. The lowest BCUT2D eigenvalue weighted by molar-refractivity contribution is -0.141. The fraction of sp³-hybridized carbons (Fsp3) is 0.474. The fourth-order valence-corrected chi connectivity index (χ4v) is 4.60. The lowest BCUT2D eigenvalue weighted by Crippen LogP contribution is -2.45. The van der Waals surface area contributed by atoms with Crippen LogP contribution in [0.25, 0.3) is 10.2 Å². The minimum atomic E-state index is -4.58. The number of anilines is 1. The van der Waals surface area contributed by atoms with E-state index in [1.54, 1.807) is 0 Å². The van der Waals surface area contributed by atoms with Crippen molar-refractivity contribution in [3.63, 3.8) is 0 Å². The van der Waals surface area contributed by atoms with Crippen molar-refractivity contribution in [1.29, 1.82) is 0 Å². The van der Waals surface area contributed by atoms with Crippen molar-refractivity contribution in [3.05, 3.63) is 23.8 Å². The largest absolute Gasteiger partial charge is 0.418 e. The van der Waals surface area contributed by atoms with Crippen molar-refractivity contribution >= 4 is 44.4 Å². The summed E-state index contributed by atoms with van der Waals surface area (Å²) in [4.78, 5) is 43.0.